The number of benzene rings is 1. The minimum Gasteiger partial charge on any atom is -0.393 e. The molecule has 100 valence electrons. The first-order chi connectivity index (χ1) is 9.24. The van der Waals surface area contributed by atoms with E-state index in [1.54, 1.807) is 18.5 Å². The van der Waals surface area contributed by atoms with Gasteiger partial charge >= 0.3 is 0 Å². The number of nitrogens with one attached hydrogen (secondary N) is 2. The van der Waals surface area contributed by atoms with Crippen LogP contribution in [0.2, 0.25) is 0 Å². The van der Waals surface area contributed by atoms with Gasteiger partial charge in [0.15, 0.2) is 0 Å². The third-order valence-electron chi connectivity index (χ3n) is 3.83. The maximum absolute atomic E-state index is 12.0. The zero-order valence-electron chi connectivity index (χ0n) is 10.6. The number of rotatable bonds is 3. The van der Waals surface area contributed by atoms with Crippen molar-refractivity contribution in [2.45, 2.75) is 25.4 Å². The highest BCUT2D eigenvalue weighted by molar-refractivity contribution is 5.97. The van der Waals surface area contributed by atoms with Crippen molar-refractivity contribution in [1.29, 1.82) is 0 Å². The van der Waals surface area contributed by atoms with Gasteiger partial charge in [-0.3, -0.25) is 4.79 Å². The van der Waals surface area contributed by atoms with Crippen molar-refractivity contribution in [3.63, 3.8) is 0 Å². The standard InChI is InChI=1S/C14H17N3O2/c18-13-3-1-2-10(13)7-15-14(19)9-4-5-11-12(6-9)17-8-16-11/h4-6,8,10,13,18H,1-3,7H2,(H,15,19)(H,16,17). The van der Waals surface area contributed by atoms with Gasteiger partial charge in [0, 0.05) is 18.0 Å². The summed E-state index contributed by atoms with van der Waals surface area (Å²) < 4.78 is 0. The van der Waals surface area contributed by atoms with E-state index < -0.39 is 0 Å². The molecule has 5 nitrogen and oxygen atoms in total. The summed E-state index contributed by atoms with van der Waals surface area (Å²) in [6, 6.07) is 5.39. The number of hydrogen-bond acceptors (Lipinski definition) is 3. The number of aliphatic hydroxyl groups is 1. The molecule has 2 atom stereocenters. The third-order valence-corrected chi connectivity index (χ3v) is 3.83. The number of fused-ring (bicyclic) bond motifs is 1. The molecule has 1 fully saturated rings. The van der Waals surface area contributed by atoms with E-state index in [0.717, 1.165) is 30.3 Å². The minimum atomic E-state index is -0.268. The number of aliphatic hydroxyl groups excluding tert-OH is 1. The van der Waals surface area contributed by atoms with Crippen LogP contribution in [0.15, 0.2) is 24.5 Å². The number of carbonyl (C=O) groups excluding carboxylic acids is 1. The SMILES string of the molecule is O=C(NCC1CCCC1O)c1ccc2nc[nH]c2c1. The van der Waals surface area contributed by atoms with E-state index in [4.69, 9.17) is 0 Å². The van der Waals surface area contributed by atoms with Crippen LogP contribution in [0.25, 0.3) is 11.0 Å². The Morgan fingerprint density at radius 2 is 2.37 bits per heavy atom. The molecule has 1 aliphatic rings. The lowest BCUT2D eigenvalue weighted by atomic mass is 10.1. The zero-order valence-corrected chi connectivity index (χ0v) is 10.6. The number of carbonyl (C=O) groups is 1. The number of nitrogens with zero attached hydrogens (tertiary/aromatic N) is 1. The molecule has 5 heteroatoms. The summed E-state index contributed by atoms with van der Waals surface area (Å²) in [6.07, 6.45) is 4.22. The van der Waals surface area contributed by atoms with E-state index in [9.17, 15) is 9.90 Å². The highest BCUT2D eigenvalue weighted by atomic mass is 16.3. The van der Waals surface area contributed by atoms with E-state index in [1.165, 1.54) is 0 Å². The van der Waals surface area contributed by atoms with Crippen LogP contribution in [0.5, 0.6) is 0 Å². The lowest BCUT2D eigenvalue weighted by Gasteiger charge is -2.15. The summed E-state index contributed by atoms with van der Waals surface area (Å²) in [5.41, 5.74) is 2.32. The van der Waals surface area contributed by atoms with Crippen molar-refractivity contribution in [2.24, 2.45) is 5.92 Å². The number of imidazole rings is 1. The molecule has 1 heterocycles. The van der Waals surface area contributed by atoms with Crippen LogP contribution in [0.4, 0.5) is 0 Å². The molecule has 1 saturated carbocycles. The van der Waals surface area contributed by atoms with Gasteiger partial charge in [-0.15, -0.1) is 0 Å². The summed E-state index contributed by atoms with van der Waals surface area (Å²) in [5.74, 6) is 0.0930. The molecule has 0 radical (unpaired) electrons. The van der Waals surface area contributed by atoms with Crippen LogP contribution in [-0.4, -0.2) is 33.6 Å². The van der Waals surface area contributed by atoms with Gasteiger partial charge in [0.25, 0.3) is 5.91 Å². The van der Waals surface area contributed by atoms with Gasteiger partial charge in [-0.1, -0.05) is 6.42 Å². The first kappa shape index (κ1) is 12.2. The maximum Gasteiger partial charge on any atom is 0.251 e. The predicted molar refractivity (Wildman–Crippen MR) is 71.8 cm³/mol. The van der Waals surface area contributed by atoms with Gasteiger partial charge < -0.3 is 15.4 Å². The molecular formula is C14H17N3O2. The van der Waals surface area contributed by atoms with Gasteiger partial charge in [0.2, 0.25) is 0 Å². The summed E-state index contributed by atoms with van der Waals surface area (Å²) in [4.78, 5) is 19.2. The Balaban J connectivity index is 1.66. The van der Waals surface area contributed by atoms with E-state index in [0.29, 0.717) is 12.1 Å². The van der Waals surface area contributed by atoms with Crippen molar-refractivity contribution in [1.82, 2.24) is 15.3 Å². The third kappa shape index (κ3) is 2.46. The molecule has 1 amide bonds. The maximum atomic E-state index is 12.0. The Morgan fingerprint density at radius 3 is 3.16 bits per heavy atom. The predicted octanol–water partition coefficient (Wildman–Crippen LogP) is 1.45. The molecule has 1 aliphatic carbocycles. The Bertz CT molecular complexity index is 593. The van der Waals surface area contributed by atoms with Gasteiger partial charge in [-0.05, 0) is 31.0 Å². The average Bonchev–Trinajstić information content (AvgIpc) is 3.03. The zero-order chi connectivity index (χ0) is 13.2. The van der Waals surface area contributed by atoms with Crippen LogP contribution in [-0.2, 0) is 0 Å². The van der Waals surface area contributed by atoms with E-state index >= 15 is 0 Å². The molecule has 1 aromatic carbocycles. The van der Waals surface area contributed by atoms with Crippen LogP contribution >= 0.6 is 0 Å². The van der Waals surface area contributed by atoms with E-state index in [1.807, 2.05) is 6.07 Å². The number of aromatic amines is 1. The average molecular weight is 259 g/mol. The van der Waals surface area contributed by atoms with Gasteiger partial charge in [0.1, 0.15) is 0 Å². The molecule has 0 aliphatic heterocycles. The molecule has 0 bridgehead atoms. The molecule has 0 spiro atoms. The largest absolute Gasteiger partial charge is 0.393 e. The van der Waals surface area contributed by atoms with Crippen LogP contribution in [0, 0.1) is 5.92 Å². The fourth-order valence-electron chi connectivity index (χ4n) is 2.66. The number of hydrogen-bond donors (Lipinski definition) is 3. The first-order valence-electron chi connectivity index (χ1n) is 6.63. The second-order valence-corrected chi connectivity index (χ2v) is 5.10. The van der Waals surface area contributed by atoms with Gasteiger partial charge in [0.05, 0.1) is 23.5 Å². The van der Waals surface area contributed by atoms with Crippen molar-refractivity contribution < 1.29 is 9.90 Å². The van der Waals surface area contributed by atoms with Crippen molar-refractivity contribution >= 4 is 16.9 Å². The minimum absolute atomic E-state index is 0.101. The lowest BCUT2D eigenvalue weighted by Crippen LogP contribution is -2.32. The molecule has 2 aromatic rings. The smallest absolute Gasteiger partial charge is 0.251 e. The lowest BCUT2D eigenvalue weighted by molar-refractivity contribution is 0.0917. The number of amides is 1. The second kappa shape index (κ2) is 5.01. The molecule has 1 aromatic heterocycles. The van der Waals surface area contributed by atoms with Crippen molar-refractivity contribution in [3.8, 4) is 0 Å². The Hall–Kier alpha value is -1.88. The fourth-order valence-corrected chi connectivity index (χ4v) is 2.66. The van der Waals surface area contributed by atoms with Gasteiger partial charge in [-0.25, -0.2) is 4.98 Å². The highest BCUT2D eigenvalue weighted by Gasteiger charge is 2.25. The summed E-state index contributed by atoms with van der Waals surface area (Å²) in [5, 5.41) is 12.6. The van der Waals surface area contributed by atoms with E-state index in [-0.39, 0.29) is 17.9 Å². The van der Waals surface area contributed by atoms with Crippen LogP contribution < -0.4 is 5.32 Å². The Morgan fingerprint density at radius 1 is 1.47 bits per heavy atom. The van der Waals surface area contributed by atoms with Crippen LogP contribution in [0.3, 0.4) is 0 Å². The second-order valence-electron chi connectivity index (χ2n) is 5.10. The van der Waals surface area contributed by atoms with Crippen molar-refractivity contribution in [3.05, 3.63) is 30.1 Å². The molecular weight excluding hydrogens is 242 g/mol. The quantitative estimate of drug-likeness (QED) is 0.780. The van der Waals surface area contributed by atoms with Crippen molar-refractivity contribution in [2.75, 3.05) is 6.54 Å². The Kier molecular flexibility index (Phi) is 3.21. The topological polar surface area (TPSA) is 78.0 Å². The Labute approximate surface area is 111 Å². The molecule has 2 unspecified atom stereocenters. The summed E-state index contributed by atoms with van der Waals surface area (Å²) in [6.45, 7) is 0.543. The highest BCUT2D eigenvalue weighted by Crippen LogP contribution is 2.24. The molecule has 19 heavy (non-hydrogen) atoms. The first-order valence-corrected chi connectivity index (χ1v) is 6.63. The normalized spacial score (nSPS) is 22.8. The number of H-pyrrole nitrogens is 1. The molecule has 0 saturated heterocycles. The van der Waals surface area contributed by atoms with E-state index in [2.05, 4.69) is 15.3 Å². The van der Waals surface area contributed by atoms with Crippen LogP contribution in [0.1, 0.15) is 29.6 Å². The monoisotopic (exact) mass is 259 g/mol. The van der Waals surface area contributed by atoms with Gasteiger partial charge in [-0.2, -0.15) is 0 Å². The fraction of sp³-hybridized carbons (Fsp3) is 0.429. The molecule has 3 rings (SSSR count). The summed E-state index contributed by atoms with van der Waals surface area (Å²) in [7, 11) is 0. The number of aromatic nitrogens is 2. The molecule has 3 N–H and O–H groups in total. The summed E-state index contributed by atoms with van der Waals surface area (Å²) >= 11 is 0.